The molecule has 1 nitrogen and oxygen atoms in total. The van der Waals surface area contributed by atoms with Crippen molar-refractivity contribution in [2.75, 3.05) is 0 Å². The summed E-state index contributed by atoms with van der Waals surface area (Å²) in [5, 5.41) is -0.108. The Morgan fingerprint density at radius 1 is 1.30 bits per heavy atom. The fraction of sp³-hybridized carbons (Fsp3) is 0.294. The van der Waals surface area contributed by atoms with Gasteiger partial charge in [-0.15, -0.1) is 11.6 Å². The minimum Gasteiger partial charge on any atom is -0.490 e. The highest BCUT2D eigenvalue weighted by atomic mass is 127. The first-order valence-corrected chi connectivity index (χ1v) is 8.26. The summed E-state index contributed by atoms with van der Waals surface area (Å²) in [7, 11) is 0. The molecular weight excluding hydrogens is 383 g/mol. The summed E-state index contributed by atoms with van der Waals surface area (Å²) in [6, 6.07) is 12.6. The van der Waals surface area contributed by atoms with Crippen LogP contribution >= 0.6 is 34.2 Å². The van der Waals surface area contributed by atoms with Gasteiger partial charge < -0.3 is 4.74 Å². The fourth-order valence-corrected chi connectivity index (χ4v) is 3.82. The number of ether oxygens (including phenoxy) is 1. The van der Waals surface area contributed by atoms with Gasteiger partial charge in [0.15, 0.2) is 0 Å². The molecule has 0 radical (unpaired) electrons. The Morgan fingerprint density at radius 2 is 2.10 bits per heavy atom. The zero-order valence-corrected chi connectivity index (χ0v) is 14.4. The van der Waals surface area contributed by atoms with Crippen LogP contribution in [0.4, 0.5) is 0 Å². The molecule has 0 spiro atoms. The second-order valence-corrected chi connectivity index (χ2v) is 6.86. The van der Waals surface area contributed by atoms with Crippen LogP contribution < -0.4 is 4.74 Å². The molecule has 3 rings (SSSR count). The molecule has 0 amide bonds. The second kappa shape index (κ2) is 5.57. The Labute approximate surface area is 138 Å². The molecule has 2 unspecified atom stereocenters. The maximum Gasteiger partial charge on any atom is 0.123 e. The van der Waals surface area contributed by atoms with Crippen LogP contribution in [0.15, 0.2) is 36.4 Å². The van der Waals surface area contributed by atoms with Crippen LogP contribution in [0.25, 0.3) is 0 Å². The van der Waals surface area contributed by atoms with Crippen LogP contribution in [0.2, 0.25) is 0 Å². The van der Waals surface area contributed by atoms with Crippen LogP contribution in [0.5, 0.6) is 5.75 Å². The number of halogens is 2. The standard InChI is InChI=1S/C17H16ClIO/c1-10-4-3-5-14(17(10)19)16(18)12-6-7-15-13(9-12)8-11(2)20-15/h3-7,9,11,16H,8H2,1-2H3. The van der Waals surface area contributed by atoms with Gasteiger partial charge in [0.05, 0.1) is 5.38 Å². The van der Waals surface area contributed by atoms with E-state index in [9.17, 15) is 0 Å². The third kappa shape index (κ3) is 2.56. The van der Waals surface area contributed by atoms with Gasteiger partial charge in [0.25, 0.3) is 0 Å². The molecule has 0 aromatic heterocycles. The van der Waals surface area contributed by atoms with Crippen molar-refractivity contribution < 1.29 is 4.74 Å². The molecule has 0 saturated heterocycles. The van der Waals surface area contributed by atoms with E-state index in [1.807, 2.05) is 6.07 Å². The van der Waals surface area contributed by atoms with Gasteiger partial charge in [-0.1, -0.05) is 30.3 Å². The van der Waals surface area contributed by atoms with Gasteiger partial charge in [0, 0.05) is 9.99 Å². The summed E-state index contributed by atoms with van der Waals surface area (Å²) in [5.41, 5.74) is 4.86. The normalized spacial score (nSPS) is 18.5. The van der Waals surface area contributed by atoms with Crippen LogP contribution in [0.1, 0.15) is 34.6 Å². The molecule has 0 saturated carbocycles. The summed E-state index contributed by atoms with van der Waals surface area (Å²) >= 11 is 9.08. The van der Waals surface area contributed by atoms with Gasteiger partial charge in [-0.2, -0.15) is 0 Å². The largest absolute Gasteiger partial charge is 0.490 e. The van der Waals surface area contributed by atoms with Crippen molar-refractivity contribution in [2.45, 2.75) is 31.7 Å². The molecule has 0 aliphatic carbocycles. The number of alkyl halides is 1. The van der Waals surface area contributed by atoms with Crippen LogP contribution in [-0.4, -0.2) is 6.10 Å². The smallest absolute Gasteiger partial charge is 0.123 e. The fourth-order valence-electron chi connectivity index (χ4n) is 2.65. The molecule has 1 heterocycles. The van der Waals surface area contributed by atoms with E-state index in [0.29, 0.717) is 0 Å². The maximum absolute atomic E-state index is 6.70. The Bertz CT molecular complexity index is 653. The van der Waals surface area contributed by atoms with Crippen molar-refractivity contribution in [1.29, 1.82) is 0 Å². The molecular formula is C17H16ClIO. The highest BCUT2D eigenvalue weighted by Crippen LogP contribution is 2.37. The molecule has 1 aliphatic heterocycles. The number of aryl methyl sites for hydroxylation is 1. The number of fused-ring (bicyclic) bond motifs is 1. The third-order valence-electron chi connectivity index (χ3n) is 3.71. The molecule has 2 aromatic carbocycles. The van der Waals surface area contributed by atoms with Gasteiger partial charge in [0.2, 0.25) is 0 Å². The molecule has 0 N–H and O–H groups in total. The lowest BCUT2D eigenvalue weighted by Crippen LogP contribution is -2.05. The lowest BCUT2D eigenvalue weighted by molar-refractivity contribution is 0.254. The summed E-state index contributed by atoms with van der Waals surface area (Å²) in [4.78, 5) is 0. The monoisotopic (exact) mass is 398 g/mol. The predicted molar refractivity (Wildman–Crippen MR) is 91.8 cm³/mol. The summed E-state index contributed by atoms with van der Waals surface area (Å²) in [6.45, 7) is 4.22. The van der Waals surface area contributed by atoms with Gasteiger partial charge >= 0.3 is 0 Å². The number of rotatable bonds is 2. The molecule has 1 aliphatic rings. The van der Waals surface area contributed by atoms with E-state index in [1.54, 1.807) is 0 Å². The minimum atomic E-state index is -0.108. The zero-order valence-electron chi connectivity index (χ0n) is 11.5. The number of hydrogen-bond donors (Lipinski definition) is 0. The quantitative estimate of drug-likeness (QED) is 0.496. The van der Waals surface area contributed by atoms with Crippen LogP contribution in [0.3, 0.4) is 0 Å². The van der Waals surface area contributed by atoms with Crippen LogP contribution in [-0.2, 0) is 6.42 Å². The average Bonchev–Trinajstić information content (AvgIpc) is 2.80. The van der Waals surface area contributed by atoms with Crippen molar-refractivity contribution in [2.24, 2.45) is 0 Å². The summed E-state index contributed by atoms with van der Waals surface area (Å²) in [5.74, 6) is 1.00. The van der Waals surface area contributed by atoms with Crippen molar-refractivity contribution in [3.05, 3.63) is 62.2 Å². The highest BCUT2D eigenvalue weighted by molar-refractivity contribution is 14.1. The van der Waals surface area contributed by atoms with E-state index in [1.165, 1.54) is 20.3 Å². The maximum atomic E-state index is 6.70. The van der Waals surface area contributed by atoms with Crippen LogP contribution in [0, 0.1) is 10.5 Å². The minimum absolute atomic E-state index is 0.108. The van der Waals surface area contributed by atoms with Crippen molar-refractivity contribution >= 4 is 34.2 Å². The molecule has 3 heteroatoms. The number of benzene rings is 2. The second-order valence-electron chi connectivity index (χ2n) is 5.34. The zero-order chi connectivity index (χ0) is 14.3. The van der Waals surface area contributed by atoms with Gasteiger partial charge in [-0.3, -0.25) is 0 Å². The Morgan fingerprint density at radius 3 is 2.90 bits per heavy atom. The lowest BCUT2D eigenvalue weighted by atomic mass is 9.99. The van der Waals surface area contributed by atoms with Gasteiger partial charge in [-0.05, 0) is 64.8 Å². The molecule has 20 heavy (non-hydrogen) atoms. The van der Waals surface area contributed by atoms with Crippen molar-refractivity contribution in [1.82, 2.24) is 0 Å². The number of hydrogen-bond acceptors (Lipinski definition) is 1. The molecule has 104 valence electrons. The Hall–Kier alpha value is -0.740. The predicted octanol–water partition coefficient (Wildman–Crippen LogP) is 5.25. The van der Waals surface area contributed by atoms with Crippen molar-refractivity contribution in [3.8, 4) is 5.75 Å². The third-order valence-corrected chi connectivity index (χ3v) is 5.67. The Kier molecular flexibility index (Phi) is 3.95. The SMILES string of the molecule is Cc1cccc(C(Cl)c2ccc3c(c2)CC(C)O3)c1I. The topological polar surface area (TPSA) is 9.23 Å². The molecule has 2 atom stereocenters. The van der Waals surface area contributed by atoms with E-state index < -0.39 is 0 Å². The first-order chi connectivity index (χ1) is 9.56. The van der Waals surface area contributed by atoms with Gasteiger partial charge in [0.1, 0.15) is 11.9 Å². The summed E-state index contributed by atoms with van der Waals surface area (Å²) < 4.78 is 6.99. The van der Waals surface area contributed by atoms with E-state index in [4.69, 9.17) is 16.3 Å². The summed E-state index contributed by atoms with van der Waals surface area (Å²) in [6.07, 6.45) is 1.24. The molecule has 0 bridgehead atoms. The Balaban J connectivity index is 1.97. The van der Waals surface area contributed by atoms with Crippen molar-refractivity contribution in [3.63, 3.8) is 0 Å². The molecule has 2 aromatic rings. The lowest BCUT2D eigenvalue weighted by Gasteiger charge is -2.14. The first-order valence-electron chi connectivity index (χ1n) is 6.75. The van der Waals surface area contributed by atoms with E-state index in [-0.39, 0.29) is 11.5 Å². The molecule has 0 fully saturated rings. The van der Waals surface area contributed by atoms with E-state index in [2.05, 4.69) is 66.8 Å². The van der Waals surface area contributed by atoms with E-state index >= 15 is 0 Å². The average molecular weight is 399 g/mol. The van der Waals surface area contributed by atoms with Gasteiger partial charge in [-0.25, -0.2) is 0 Å². The van der Waals surface area contributed by atoms with E-state index in [0.717, 1.165) is 17.7 Å². The highest BCUT2D eigenvalue weighted by Gasteiger charge is 2.22. The first kappa shape index (κ1) is 14.2.